The Bertz CT molecular complexity index is 4160. The molecule has 0 amide bonds. The lowest BCUT2D eigenvalue weighted by atomic mass is 9.96. The summed E-state index contributed by atoms with van der Waals surface area (Å²) in [4.78, 5) is 4.82. The first kappa shape index (κ1) is 44.5. The molecule has 0 aliphatic carbocycles. The van der Waals surface area contributed by atoms with Crippen LogP contribution >= 0.6 is 0 Å². The highest BCUT2D eigenvalue weighted by molar-refractivity contribution is 6.14. The van der Waals surface area contributed by atoms with E-state index in [0.717, 1.165) is 105 Å². The molecule has 0 unspecified atom stereocenters. The second kappa shape index (κ2) is 19.0. The Kier molecular flexibility index (Phi) is 11.4. The highest BCUT2D eigenvalue weighted by Crippen LogP contribution is 2.47. The Balaban J connectivity index is 0.939. The van der Waals surface area contributed by atoms with Crippen LogP contribution in [0.5, 0.6) is 0 Å². The first-order chi connectivity index (χ1) is 36.5. The van der Waals surface area contributed by atoms with E-state index in [1.807, 2.05) is 0 Å². The summed E-state index contributed by atoms with van der Waals surface area (Å²) in [5, 5.41) is 6.71. The van der Waals surface area contributed by atoms with Crippen molar-refractivity contribution in [1.29, 1.82) is 0 Å². The molecule has 3 heteroatoms. The minimum absolute atomic E-state index is 0.455. The minimum atomic E-state index is 0.455. The number of fused-ring (bicyclic) bond motifs is 5. The molecular formula is C71H52N2O. The van der Waals surface area contributed by atoms with Crippen LogP contribution in [0.3, 0.4) is 0 Å². The van der Waals surface area contributed by atoms with Gasteiger partial charge in [-0.05, 0) is 140 Å². The SMILES string of the molecule is CC(C)c1ccc(-c2ccccc2N(c2ccc3cc4c(cc3c2)oc2cc3cc(N(c5cccc(-c6ccccc6)c5)c5ccccc5-c5ccccc5)ccc3cc24)c2ccccc2-c2ccccc2)cc1. The smallest absolute Gasteiger partial charge is 0.136 e. The molecule has 0 atom stereocenters. The van der Waals surface area contributed by atoms with Gasteiger partial charge < -0.3 is 14.2 Å². The lowest BCUT2D eigenvalue weighted by Gasteiger charge is -2.30. The van der Waals surface area contributed by atoms with Crippen LogP contribution < -0.4 is 9.80 Å². The van der Waals surface area contributed by atoms with Crippen LogP contribution in [-0.2, 0) is 0 Å². The third kappa shape index (κ3) is 8.25. The fourth-order valence-electron chi connectivity index (χ4n) is 10.8. The van der Waals surface area contributed by atoms with E-state index in [4.69, 9.17) is 4.42 Å². The number of hydrogen-bond donors (Lipinski definition) is 0. The highest BCUT2D eigenvalue weighted by Gasteiger charge is 2.23. The van der Waals surface area contributed by atoms with Gasteiger partial charge in [0.2, 0.25) is 0 Å². The average Bonchev–Trinajstić information content (AvgIpc) is 3.82. The van der Waals surface area contributed by atoms with Gasteiger partial charge in [-0.15, -0.1) is 0 Å². The minimum Gasteiger partial charge on any atom is -0.456 e. The van der Waals surface area contributed by atoms with Crippen LogP contribution in [-0.4, -0.2) is 0 Å². The van der Waals surface area contributed by atoms with Crippen molar-refractivity contribution in [2.24, 2.45) is 0 Å². The van der Waals surface area contributed by atoms with E-state index in [9.17, 15) is 0 Å². The van der Waals surface area contributed by atoms with Crippen molar-refractivity contribution in [2.45, 2.75) is 19.8 Å². The third-order valence-corrected chi connectivity index (χ3v) is 14.6. The number of rotatable bonds is 11. The maximum atomic E-state index is 6.90. The molecule has 0 aliphatic heterocycles. The van der Waals surface area contributed by atoms with Crippen LogP contribution in [0, 0.1) is 0 Å². The summed E-state index contributed by atoms with van der Waals surface area (Å²) in [6.45, 7) is 4.49. The van der Waals surface area contributed by atoms with Gasteiger partial charge in [0.05, 0.1) is 17.1 Å². The predicted molar refractivity (Wildman–Crippen MR) is 314 cm³/mol. The van der Waals surface area contributed by atoms with Gasteiger partial charge in [-0.1, -0.05) is 208 Å². The van der Waals surface area contributed by atoms with Gasteiger partial charge in [-0.2, -0.15) is 0 Å². The number of hydrogen-bond acceptors (Lipinski definition) is 3. The zero-order chi connectivity index (χ0) is 49.5. The fraction of sp³-hybridized carbons (Fsp3) is 0.0423. The predicted octanol–water partition coefficient (Wildman–Crippen LogP) is 20.6. The summed E-state index contributed by atoms with van der Waals surface area (Å²) in [5.41, 5.74) is 18.9. The van der Waals surface area contributed by atoms with Gasteiger partial charge in [-0.25, -0.2) is 0 Å². The van der Waals surface area contributed by atoms with Crippen molar-refractivity contribution in [1.82, 2.24) is 0 Å². The molecule has 12 aromatic carbocycles. The third-order valence-electron chi connectivity index (χ3n) is 14.6. The van der Waals surface area contributed by atoms with Gasteiger partial charge in [-0.3, -0.25) is 0 Å². The van der Waals surface area contributed by atoms with E-state index in [1.54, 1.807) is 0 Å². The number of para-hydroxylation sites is 3. The van der Waals surface area contributed by atoms with E-state index < -0.39 is 0 Å². The molecule has 1 heterocycles. The van der Waals surface area contributed by atoms with E-state index in [2.05, 4.69) is 297 Å². The summed E-state index contributed by atoms with van der Waals surface area (Å²) < 4.78 is 6.90. The monoisotopic (exact) mass is 948 g/mol. The van der Waals surface area contributed by atoms with E-state index in [1.165, 1.54) is 22.3 Å². The maximum Gasteiger partial charge on any atom is 0.136 e. The number of anilines is 6. The van der Waals surface area contributed by atoms with E-state index in [0.29, 0.717) is 5.92 Å². The Labute approximate surface area is 432 Å². The quantitative estimate of drug-likeness (QED) is 0.129. The molecular weight excluding hydrogens is 897 g/mol. The first-order valence-electron chi connectivity index (χ1n) is 25.6. The number of benzene rings is 12. The molecule has 0 fully saturated rings. The fourth-order valence-corrected chi connectivity index (χ4v) is 10.8. The summed E-state index contributed by atoms with van der Waals surface area (Å²) in [5.74, 6) is 0.455. The normalized spacial score (nSPS) is 11.5. The van der Waals surface area contributed by atoms with Gasteiger partial charge >= 0.3 is 0 Å². The number of furan rings is 1. The molecule has 13 rings (SSSR count). The maximum absolute atomic E-state index is 6.90. The zero-order valence-electron chi connectivity index (χ0n) is 41.4. The molecule has 74 heavy (non-hydrogen) atoms. The van der Waals surface area contributed by atoms with Gasteiger partial charge in [0.15, 0.2) is 0 Å². The van der Waals surface area contributed by atoms with Crippen LogP contribution in [0.25, 0.3) is 88.0 Å². The van der Waals surface area contributed by atoms with Crippen LogP contribution in [0.15, 0.2) is 277 Å². The van der Waals surface area contributed by atoms with E-state index >= 15 is 0 Å². The molecule has 0 saturated heterocycles. The summed E-state index contributed by atoms with van der Waals surface area (Å²) in [6.07, 6.45) is 0. The lowest BCUT2D eigenvalue weighted by molar-refractivity contribution is 0.670. The van der Waals surface area contributed by atoms with Crippen molar-refractivity contribution in [2.75, 3.05) is 9.80 Å². The summed E-state index contributed by atoms with van der Waals surface area (Å²) >= 11 is 0. The van der Waals surface area contributed by atoms with Crippen LogP contribution in [0.1, 0.15) is 25.3 Å². The average molecular weight is 949 g/mol. The van der Waals surface area contributed by atoms with Gasteiger partial charge in [0.1, 0.15) is 11.2 Å². The Morgan fingerprint density at radius 2 is 0.689 bits per heavy atom. The van der Waals surface area contributed by atoms with Crippen molar-refractivity contribution < 1.29 is 4.42 Å². The number of nitrogens with zero attached hydrogens (tertiary/aromatic N) is 2. The van der Waals surface area contributed by atoms with E-state index in [-0.39, 0.29) is 0 Å². The van der Waals surface area contributed by atoms with Crippen molar-refractivity contribution in [3.8, 4) is 44.5 Å². The lowest BCUT2D eigenvalue weighted by Crippen LogP contribution is -2.12. The van der Waals surface area contributed by atoms with Crippen molar-refractivity contribution in [3.63, 3.8) is 0 Å². The van der Waals surface area contributed by atoms with Gasteiger partial charge in [0, 0.05) is 44.5 Å². The summed E-state index contributed by atoms with van der Waals surface area (Å²) in [7, 11) is 0. The molecule has 0 aliphatic rings. The first-order valence-corrected chi connectivity index (χ1v) is 25.6. The van der Waals surface area contributed by atoms with Crippen molar-refractivity contribution in [3.05, 3.63) is 279 Å². The second-order valence-electron chi connectivity index (χ2n) is 19.5. The second-order valence-corrected chi connectivity index (χ2v) is 19.5. The van der Waals surface area contributed by atoms with Crippen LogP contribution in [0.4, 0.5) is 34.1 Å². The largest absolute Gasteiger partial charge is 0.456 e. The highest BCUT2D eigenvalue weighted by atomic mass is 16.3. The Morgan fingerprint density at radius 3 is 1.19 bits per heavy atom. The van der Waals surface area contributed by atoms with Gasteiger partial charge in [0.25, 0.3) is 0 Å². The molecule has 0 saturated carbocycles. The topological polar surface area (TPSA) is 19.6 Å². The molecule has 0 bridgehead atoms. The van der Waals surface area contributed by atoms with Crippen molar-refractivity contribution >= 4 is 77.6 Å². The standard InChI is InChI=1S/C71H52N2O/c1-48(2)49-33-35-53(36-34-49)64-29-14-17-32-69(64)73(68-31-16-13-28-63(68)52-23-10-5-11-24-52)61-40-38-56-45-66-65-44-55-37-39-60(42-57(55)46-70(65)74-71(66)47-58(56)43-61)72(59-26-18-25-54(41-59)50-19-6-3-7-20-50)67-30-15-12-27-62(67)51-21-8-4-9-22-51/h3-48H,1-2H3. The Hall–Kier alpha value is -9.44. The molecule has 3 nitrogen and oxygen atoms in total. The zero-order valence-corrected chi connectivity index (χ0v) is 41.4. The molecule has 352 valence electrons. The summed E-state index contributed by atoms with van der Waals surface area (Å²) in [6, 6.07) is 98.9. The molecule has 0 spiro atoms. The molecule has 1 aromatic heterocycles. The molecule has 0 radical (unpaired) electrons. The molecule has 13 aromatic rings. The van der Waals surface area contributed by atoms with Crippen LogP contribution in [0.2, 0.25) is 0 Å². The molecule has 0 N–H and O–H groups in total. The Morgan fingerprint density at radius 1 is 0.284 bits per heavy atom.